The van der Waals surface area contributed by atoms with Crippen molar-refractivity contribution >= 4 is 8.05 Å². The maximum atomic E-state index is 8.20. The molecule has 0 aliphatic rings. The van der Waals surface area contributed by atoms with E-state index >= 15 is 0 Å². The van der Waals surface area contributed by atoms with E-state index in [4.69, 9.17) is 15.8 Å². The third kappa shape index (κ3) is 2.14. The molecule has 0 spiro atoms. The molecular weight excluding hydrogens is 124 g/mol. The van der Waals surface area contributed by atoms with E-state index < -0.39 is 13.7 Å². The fourth-order valence-corrected chi connectivity index (χ4v) is 0.0750. The first-order valence-corrected chi connectivity index (χ1v) is 1.62. The fraction of sp³-hybridized carbons (Fsp3) is 0.250. The van der Waals surface area contributed by atoms with Gasteiger partial charge in [-0.05, 0) is 0 Å². The van der Waals surface area contributed by atoms with Crippen LogP contribution in [0.5, 0.6) is 0 Å². The smallest absolute Gasteiger partial charge is 0.563 e. The van der Waals surface area contributed by atoms with Crippen molar-refractivity contribution in [2.75, 3.05) is 0 Å². The van der Waals surface area contributed by atoms with Crippen LogP contribution in [-0.2, 0) is 4.65 Å². The molecule has 0 fully saturated rings. The van der Waals surface area contributed by atoms with Crippen molar-refractivity contribution < 1.29 is 23.5 Å². The van der Waals surface area contributed by atoms with Crippen molar-refractivity contribution in [1.29, 1.82) is 15.8 Å². The van der Waals surface area contributed by atoms with Crippen LogP contribution in [0.3, 0.4) is 0 Å². The van der Waals surface area contributed by atoms with E-state index in [2.05, 4.69) is 4.65 Å². The van der Waals surface area contributed by atoms with E-state index in [1.165, 1.54) is 18.2 Å². The quantitative estimate of drug-likeness (QED) is 0.333. The van der Waals surface area contributed by atoms with Crippen molar-refractivity contribution in [2.24, 2.45) is 0 Å². The summed E-state index contributed by atoms with van der Waals surface area (Å²) < 4.78 is 4.55. The monoisotopic (exact) mass is 127 g/mol. The van der Waals surface area contributed by atoms with Gasteiger partial charge in [0.1, 0.15) is 18.2 Å². The minimum Gasteiger partial charge on any atom is -0.563 e. The predicted octanol–water partition coefficient (Wildman–Crippen LogP) is -4.40. The summed E-state index contributed by atoms with van der Waals surface area (Å²) in [6, 6.07) is 4.45. The number of nitriles is 3. The summed E-state index contributed by atoms with van der Waals surface area (Å²) in [5, 5.41) is 24.6. The normalized spacial score (nSPS) is 7.80. The predicted molar refractivity (Wildman–Crippen MR) is 30.6 cm³/mol. The van der Waals surface area contributed by atoms with Crippen LogP contribution in [-0.4, -0.2) is 13.7 Å². The molecule has 0 N–H and O–H groups in total. The molecule has 0 saturated carbocycles. The Bertz CT molecular complexity index is 186. The van der Waals surface area contributed by atoms with Crippen LogP contribution in [0.1, 0.15) is 0 Å². The van der Waals surface area contributed by atoms with Crippen molar-refractivity contribution in [2.45, 2.75) is 5.60 Å². The topological polar surface area (TPSA) is 80.6 Å². The van der Waals surface area contributed by atoms with Gasteiger partial charge >= 0.3 is 18.9 Å². The average molecular weight is 127 g/mol. The summed E-state index contributed by atoms with van der Waals surface area (Å²) in [6.07, 6.45) is 0. The second-order valence-electron chi connectivity index (χ2n) is 1.02. The van der Waals surface area contributed by atoms with E-state index in [1.54, 1.807) is 0 Å². The third-order valence-corrected chi connectivity index (χ3v) is 0.472. The Morgan fingerprint density at radius 1 is 1.10 bits per heavy atom. The second-order valence-corrected chi connectivity index (χ2v) is 1.02. The summed E-state index contributed by atoms with van der Waals surface area (Å²) in [6.45, 7) is 0. The first kappa shape index (κ1) is 11.8. The van der Waals surface area contributed by atoms with E-state index in [-0.39, 0.29) is 18.9 Å². The third-order valence-electron chi connectivity index (χ3n) is 0.472. The zero-order valence-electron chi connectivity index (χ0n) is 4.75. The van der Waals surface area contributed by atoms with Crippen LogP contribution in [0.15, 0.2) is 0 Å². The SMILES string of the molecule is [BH3-]OC(C#N)(C#N)C#N.[Li+]. The molecule has 0 aliphatic carbocycles. The van der Waals surface area contributed by atoms with Crippen LogP contribution in [0.25, 0.3) is 0 Å². The largest absolute Gasteiger partial charge is 1.00 e. The molecule has 0 saturated heterocycles. The number of hydrogen-bond acceptors (Lipinski definition) is 4. The van der Waals surface area contributed by atoms with Crippen LogP contribution >= 0.6 is 0 Å². The summed E-state index contributed by atoms with van der Waals surface area (Å²) >= 11 is 0. The molecule has 0 heterocycles. The van der Waals surface area contributed by atoms with E-state index in [0.29, 0.717) is 0 Å². The summed E-state index contributed by atoms with van der Waals surface area (Å²) in [5.41, 5.74) is -1.81. The minimum absolute atomic E-state index is 0. The molecule has 4 nitrogen and oxygen atoms in total. The van der Waals surface area contributed by atoms with Crippen LogP contribution in [0, 0.1) is 34.0 Å². The van der Waals surface area contributed by atoms with Crippen LogP contribution in [0.2, 0.25) is 0 Å². The van der Waals surface area contributed by atoms with Gasteiger partial charge in [-0.25, -0.2) is 0 Å². The molecule has 0 unspecified atom stereocenters. The van der Waals surface area contributed by atoms with Gasteiger partial charge in [-0.2, -0.15) is 15.8 Å². The van der Waals surface area contributed by atoms with Gasteiger partial charge in [0.05, 0.1) is 8.05 Å². The van der Waals surface area contributed by atoms with Crippen molar-refractivity contribution in [1.82, 2.24) is 0 Å². The zero-order valence-corrected chi connectivity index (χ0v) is 4.75. The molecular formula is C4H3BLiN3O. The molecule has 0 atom stereocenters. The van der Waals surface area contributed by atoms with Crippen molar-refractivity contribution in [3.63, 3.8) is 0 Å². The molecule has 0 radical (unpaired) electrons. The van der Waals surface area contributed by atoms with Crippen molar-refractivity contribution in [3.8, 4) is 18.2 Å². The molecule has 0 amide bonds. The first-order valence-electron chi connectivity index (χ1n) is 1.62. The van der Waals surface area contributed by atoms with E-state index in [9.17, 15) is 0 Å². The van der Waals surface area contributed by atoms with Crippen LogP contribution in [0.4, 0.5) is 0 Å². The van der Waals surface area contributed by atoms with E-state index in [1.807, 2.05) is 0 Å². The van der Waals surface area contributed by atoms with Gasteiger partial charge in [0.15, 0.2) is 0 Å². The van der Waals surface area contributed by atoms with Gasteiger partial charge < -0.3 is 4.65 Å². The van der Waals surface area contributed by atoms with Gasteiger partial charge in [0.25, 0.3) is 5.60 Å². The van der Waals surface area contributed by atoms with E-state index in [0.717, 1.165) is 0 Å². The maximum Gasteiger partial charge on any atom is 1.00 e. The minimum atomic E-state index is -1.81. The van der Waals surface area contributed by atoms with Crippen LogP contribution < -0.4 is 18.9 Å². The molecule has 0 rings (SSSR count). The maximum absolute atomic E-state index is 8.20. The Morgan fingerprint density at radius 3 is 1.40 bits per heavy atom. The molecule has 0 bridgehead atoms. The number of nitrogens with zero attached hydrogens (tertiary/aromatic N) is 3. The molecule has 6 heteroatoms. The molecule has 10 heavy (non-hydrogen) atoms. The molecule has 44 valence electrons. The Morgan fingerprint density at radius 2 is 1.40 bits per heavy atom. The molecule has 0 aliphatic heterocycles. The Labute approximate surface area is 71.6 Å². The van der Waals surface area contributed by atoms with Gasteiger partial charge in [0.2, 0.25) is 0 Å². The van der Waals surface area contributed by atoms with Gasteiger partial charge in [-0.1, -0.05) is 0 Å². The Kier molecular flexibility index (Phi) is 5.83. The Balaban J connectivity index is 0. The second kappa shape index (κ2) is 4.92. The van der Waals surface area contributed by atoms with Gasteiger partial charge in [-0.3, -0.25) is 0 Å². The van der Waals surface area contributed by atoms with Gasteiger partial charge in [-0.15, -0.1) is 0 Å². The number of rotatable bonds is 1. The molecule has 0 aromatic heterocycles. The average Bonchev–Trinajstić information content (AvgIpc) is 1.95. The zero-order chi connectivity index (χ0) is 7.33. The van der Waals surface area contributed by atoms with Gasteiger partial charge in [0, 0.05) is 0 Å². The summed E-state index contributed by atoms with van der Waals surface area (Å²) in [7, 11) is -0.534. The molecule has 0 aromatic carbocycles. The Hall–Kier alpha value is -0.908. The van der Waals surface area contributed by atoms with Crippen molar-refractivity contribution in [3.05, 3.63) is 0 Å². The first-order chi connectivity index (χ1) is 4.24. The fourth-order valence-electron chi connectivity index (χ4n) is 0.0750. The standard InChI is InChI=1S/C4H3BN3O.Li/c5-9-4(1-6,2-7)3-8;/h5H3;/q-1;+1. The number of hydrogen-bond donors (Lipinski definition) is 0. The molecule has 0 aromatic rings. The summed E-state index contributed by atoms with van der Waals surface area (Å²) in [4.78, 5) is 0. The summed E-state index contributed by atoms with van der Waals surface area (Å²) in [5.74, 6) is 0.